The summed E-state index contributed by atoms with van der Waals surface area (Å²) in [5.74, 6) is 0.361. The van der Waals surface area contributed by atoms with Gasteiger partial charge in [0.05, 0.1) is 6.33 Å². The SMILES string of the molecule is CCC(NCCn1ccnc1)c1ccccc1O. The molecule has 2 aromatic rings. The van der Waals surface area contributed by atoms with Gasteiger partial charge in [-0.15, -0.1) is 0 Å². The van der Waals surface area contributed by atoms with Gasteiger partial charge in [-0.1, -0.05) is 25.1 Å². The fourth-order valence-electron chi connectivity index (χ4n) is 2.04. The van der Waals surface area contributed by atoms with Crippen LogP contribution in [0.25, 0.3) is 0 Å². The van der Waals surface area contributed by atoms with Crippen molar-refractivity contribution in [2.45, 2.75) is 25.9 Å². The molecule has 1 aromatic heterocycles. The summed E-state index contributed by atoms with van der Waals surface area (Å²) in [6, 6.07) is 7.69. The molecule has 1 atom stereocenters. The number of benzene rings is 1. The largest absolute Gasteiger partial charge is 0.508 e. The van der Waals surface area contributed by atoms with Crippen LogP contribution in [0.1, 0.15) is 24.9 Å². The quantitative estimate of drug-likeness (QED) is 0.821. The van der Waals surface area contributed by atoms with E-state index in [1.54, 1.807) is 12.3 Å². The fraction of sp³-hybridized carbons (Fsp3) is 0.357. The summed E-state index contributed by atoms with van der Waals surface area (Å²) in [6.45, 7) is 3.84. The Morgan fingerprint density at radius 3 is 2.89 bits per heavy atom. The van der Waals surface area contributed by atoms with Crippen molar-refractivity contribution in [3.05, 3.63) is 48.5 Å². The van der Waals surface area contributed by atoms with Gasteiger partial charge >= 0.3 is 0 Å². The molecule has 0 aliphatic carbocycles. The third kappa shape index (κ3) is 3.11. The van der Waals surface area contributed by atoms with E-state index in [9.17, 15) is 5.11 Å². The zero-order valence-electron chi connectivity index (χ0n) is 10.6. The Morgan fingerprint density at radius 1 is 1.39 bits per heavy atom. The summed E-state index contributed by atoms with van der Waals surface area (Å²) in [4.78, 5) is 4.01. The van der Waals surface area contributed by atoms with Gasteiger partial charge in [-0.25, -0.2) is 4.98 Å². The van der Waals surface area contributed by atoms with Crippen molar-refractivity contribution in [2.24, 2.45) is 0 Å². The van der Waals surface area contributed by atoms with Crippen molar-refractivity contribution in [3.63, 3.8) is 0 Å². The highest BCUT2D eigenvalue weighted by atomic mass is 16.3. The molecule has 0 radical (unpaired) electrons. The van der Waals surface area contributed by atoms with Crippen LogP contribution < -0.4 is 5.32 Å². The standard InChI is InChI=1S/C14H19N3O/c1-2-13(12-5-3-4-6-14(12)18)16-8-10-17-9-7-15-11-17/h3-7,9,11,13,16,18H,2,8,10H2,1H3. The van der Waals surface area contributed by atoms with Crippen LogP contribution in [0.15, 0.2) is 43.0 Å². The second-order valence-electron chi connectivity index (χ2n) is 4.27. The van der Waals surface area contributed by atoms with E-state index in [-0.39, 0.29) is 6.04 Å². The molecule has 96 valence electrons. The van der Waals surface area contributed by atoms with Gasteiger partial charge in [-0.3, -0.25) is 0 Å². The van der Waals surface area contributed by atoms with E-state index >= 15 is 0 Å². The van der Waals surface area contributed by atoms with Gasteiger partial charge in [-0.2, -0.15) is 0 Å². The highest BCUT2D eigenvalue weighted by Crippen LogP contribution is 2.25. The molecule has 0 saturated heterocycles. The molecule has 0 spiro atoms. The number of phenols is 1. The van der Waals surface area contributed by atoms with E-state index < -0.39 is 0 Å². The number of phenolic OH excluding ortho intramolecular Hbond substituents is 1. The lowest BCUT2D eigenvalue weighted by Crippen LogP contribution is -2.24. The van der Waals surface area contributed by atoms with Crippen LogP contribution in [0.4, 0.5) is 0 Å². The first-order valence-corrected chi connectivity index (χ1v) is 6.28. The number of nitrogens with one attached hydrogen (secondary N) is 1. The third-order valence-electron chi connectivity index (χ3n) is 3.04. The Labute approximate surface area is 107 Å². The van der Waals surface area contributed by atoms with Crippen LogP contribution >= 0.6 is 0 Å². The normalized spacial score (nSPS) is 12.5. The Morgan fingerprint density at radius 2 is 2.22 bits per heavy atom. The zero-order valence-corrected chi connectivity index (χ0v) is 10.6. The van der Waals surface area contributed by atoms with Crippen molar-refractivity contribution in [1.29, 1.82) is 0 Å². The number of aromatic nitrogens is 2. The first-order valence-electron chi connectivity index (χ1n) is 6.28. The molecule has 1 unspecified atom stereocenters. The molecule has 0 fully saturated rings. The van der Waals surface area contributed by atoms with Crippen molar-refractivity contribution in [1.82, 2.24) is 14.9 Å². The predicted octanol–water partition coefficient (Wildman–Crippen LogP) is 2.33. The fourth-order valence-corrected chi connectivity index (χ4v) is 2.04. The number of rotatable bonds is 6. The van der Waals surface area contributed by atoms with Crippen LogP contribution in [0.5, 0.6) is 5.75 Å². The van der Waals surface area contributed by atoms with E-state index in [0.29, 0.717) is 5.75 Å². The van der Waals surface area contributed by atoms with Crippen LogP contribution in [0, 0.1) is 0 Å². The Hall–Kier alpha value is -1.81. The van der Waals surface area contributed by atoms with E-state index in [1.807, 2.05) is 35.3 Å². The van der Waals surface area contributed by atoms with Gasteiger partial charge in [0.1, 0.15) is 5.75 Å². The first-order chi connectivity index (χ1) is 8.81. The highest BCUT2D eigenvalue weighted by Gasteiger charge is 2.11. The van der Waals surface area contributed by atoms with Gasteiger partial charge in [-0.05, 0) is 12.5 Å². The van der Waals surface area contributed by atoms with E-state index in [4.69, 9.17) is 0 Å². The topological polar surface area (TPSA) is 50.1 Å². The molecule has 0 aliphatic heterocycles. The van der Waals surface area contributed by atoms with E-state index in [0.717, 1.165) is 25.1 Å². The van der Waals surface area contributed by atoms with Crippen molar-refractivity contribution >= 4 is 0 Å². The molecule has 4 nitrogen and oxygen atoms in total. The average molecular weight is 245 g/mol. The maximum Gasteiger partial charge on any atom is 0.120 e. The monoisotopic (exact) mass is 245 g/mol. The average Bonchev–Trinajstić information content (AvgIpc) is 2.89. The van der Waals surface area contributed by atoms with Crippen LogP contribution in [-0.2, 0) is 6.54 Å². The Balaban J connectivity index is 1.91. The summed E-state index contributed by atoms with van der Waals surface area (Å²) < 4.78 is 2.03. The van der Waals surface area contributed by atoms with Gasteiger partial charge in [0.15, 0.2) is 0 Å². The molecular weight excluding hydrogens is 226 g/mol. The molecule has 1 heterocycles. The molecular formula is C14H19N3O. The lowest BCUT2D eigenvalue weighted by molar-refractivity contribution is 0.436. The second-order valence-corrected chi connectivity index (χ2v) is 4.27. The third-order valence-corrected chi connectivity index (χ3v) is 3.04. The minimum Gasteiger partial charge on any atom is -0.508 e. The molecule has 4 heteroatoms. The first kappa shape index (κ1) is 12.6. The Kier molecular flexibility index (Phi) is 4.36. The number of aromatic hydroxyl groups is 1. The second kappa shape index (κ2) is 6.21. The lowest BCUT2D eigenvalue weighted by Gasteiger charge is -2.18. The van der Waals surface area contributed by atoms with Crippen LogP contribution in [0.3, 0.4) is 0 Å². The predicted molar refractivity (Wildman–Crippen MR) is 71.4 cm³/mol. The maximum absolute atomic E-state index is 9.84. The van der Waals surface area contributed by atoms with E-state index in [2.05, 4.69) is 17.2 Å². The molecule has 18 heavy (non-hydrogen) atoms. The number of hydrogen-bond donors (Lipinski definition) is 2. The molecule has 2 N–H and O–H groups in total. The number of nitrogens with zero attached hydrogens (tertiary/aromatic N) is 2. The minimum atomic E-state index is 0.190. The van der Waals surface area contributed by atoms with Crippen molar-refractivity contribution in [2.75, 3.05) is 6.54 Å². The molecule has 0 bridgehead atoms. The van der Waals surface area contributed by atoms with Crippen LogP contribution in [0.2, 0.25) is 0 Å². The molecule has 1 aromatic carbocycles. The summed E-state index contributed by atoms with van der Waals surface area (Å²) >= 11 is 0. The summed E-state index contributed by atoms with van der Waals surface area (Å²) in [7, 11) is 0. The number of hydrogen-bond acceptors (Lipinski definition) is 3. The minimum absolute atomic E-state index is 0.190. The zero-order chi connectivity index (χ0) is 12.8. The Bertz CT molecular complexity index is 468. The maximum atomic E-state index is 9.84. The smallest absolute Gasteiger partial charge is 0.120 e. The molecule has 0 saturated carbocycles. The van der Waals surface area contributed by atoms with Gasteiger partial charge in [0, 0.05) is 37.1 Å². The number of imidazole rings is 1. The van der Waals surface area contributed by atoms with E-state index in [1.165, 1.54) is 0 Å². The lowest BCUT2D eigenvalue weighted by atomic mass is 10.0. The summed E-state index contributed by atoms with van der Waals surface area (Å²) in [5, 5.41) is 13.3. The molecule has 0 amide bonds. The summed E-state index contributed by atoms with van der Waals surface area (Å²) in [6.07, 6.45) is 6.48. The number of para-hydroxylation sites is 1. The van der Waals surface area contributed by atoms with Gasteiger partial charge in [0.25, 0.3) is 0 Å². The molecule has 0 aliphatic rings. The highest BCUT2D eigenvalue weighted by molar-refractivity contribution is 5.34. The van der Waals surface area contributed by atoms with Crippen LogP contribution in [-0.4, -0.2) is 21.2 Å². The van der Waals surface area contributed by atoms with Crippen molar-refractivity contribution < 1.29 is 5.11 Å². The van der Waals surface area contributed by atoms with Gasteiger partial charge < -0.3 is 15.0 Å². The molecule has 2 rings (SSSR count). The van der Waals surface area contributed by atoms with Gasteiger partial charge in [0.2, 0.25) is 0 Å². The summed E-state index contributed by atoms with van der Waals surface area (Å²) in [5.41, 5.74) is 0.964. The van der Waals surface area contributed by atoms with Crippen molar-refractivity contribution in [3.8, 4) is 5.75 Å².